The standard InChI is InChI=1S/C23H21Cl2N3O2/c24-4-6-29-21-16(10-26)7-17(9-19(21)25)28-5-3-15-8-18(1-2-20(15)28)30-14-22-11-23(27,12-22)13-22/h1-3,5,7-9H,4,6,11-14,27H2. The lowest BCUT2D eigenvalue weighted by atomic mass is 9.40. The van der Waals surface area contributed by atoms with Gasteiger partial charge in [0.25, 0.3) is 0 Å². The molecule has 1 heterocycles. The van der Waals surface area contributed by atoms with Gasteiger partial charge in [0.05, 0.1) is 28.6 Å². The molecule has 30 heavy (non-hydrogen) atoms. The summed E-state index contributed by atoms with van der Waals surface area (Å²) in [7, 11) is 0. The predicted molar refractivity (Wildman–Crippen MR) is 118 cm³/mol. The number of fused-ring (bicyclic) bond motifs is 1. The van der Waals surface area contributed by atoms with Crippen LogP contribution < -0.4 is 15.2 Å². The Bertz CT molecular complexity index is 1160. The second-order valence-corrected chi connectivity index (χ2v) is 9.33. The first-order chi connectivity index (χ1) is 14.4. The lowest BCUT2D eigenvalue weighted by molar-refractivity contribution is -0.153. The summed E-state index contributed by atoms with van der Waals surface area (Å²) in [6.45, 7) is 1.02. The van der Waals surface area contributed by atoms with E-state index in [1.165, 1.54) is 0 Å². The van der Waals surface area contributed by atoms with Gasteiger partial charge in [-0.25, -0.2) is 0 Å². The average Bonchev–Trinajstić information content (AvgIpc) is 3.11. The predicted octanol–water partition coefficient (Wildman–Crippen LogP) is 5.03. The molecule has 0 amide bonds. The molecule has 6 rings (SSSR count). The number of hydrogen-bond donors (Lipinski definition) is 1. The van der Waals surface area contributed by atoms with Gasteiger partial charge in [0.2, 0.25) is 0 Å². The van der Waals surface area contributed by atoms with E-state index in [1.54, 1.807) is 12.1 Å². The summed E-state index contributed by atoms with van der Waals surface area (Å²) in [5, 5.41) is 11.0. The van der Waals surface area contributed by atoms with E-state index in [9.17, 15) is 5.26 Å². The number of rotatable bonds is 7. The van der Waals surface area contributed by atoms with Gasteiger partial charge < -0.3 is 19.8 Å². The molecular formula is C23H21Cl2N3O2. The van der Waals surface area contributed by atoms with E-state index in [4.69, 9.17) is 38.4 Å². The molecule has 0 radical (unpaired) electrons. The Kier molecular flexibility index (Phi) is 4.62. The van der Waals surface area contributed by atoms with Gasteiger partial charge in [-0.1, -0.05) is 11.6 Å². The second kappa shape index (κ2) is 7.09. The monoisotopic (exact) mass is 441 g/mol. The van der Waals surface area contributed by atoms with Crippen molar-refractivity contribution in [2.45, 2.75) is 24.8 Å². The first-order valence-corrected chi connectivity index (χ1v) is 10.8. The molecule has 3 aliphatic carbocycles. The summed E-state index contributed by atoms with van der Waals surface area (Å²) in [6, 6.07) is 13.8. The van der Waals surface area contributed by atoms with E-state index >= 15 is 0 Å². The van der Waals surface area contributed by atoms with E-state index in [1.807, 2.05) is 35.0 Å². The molecule has 154 valence electrons. The Morgan fingerprint density at radius 1 is 1.13 bits per heavy atom. The van der Waals surface area contributed by atoms with Crippen LogP contribution in [0.15, 0.2) is 42.6 Å². The highest BCUT2D eigenvalue weighted by atomic mass is 35.5. The number of benzene rings is 2. The van der Waals surface area contributed by atoms with E-state index < -0.39 is 0 Å². The van der Waals surface area contributed by atoms with Gasteiger partial charge >= 0.3 is 0 Å². The van der Waals surface area contributed by atoms with Gasteiger partial charge in [-0.3, -0.25) is 0 Å². The molecule has 0 saturated heterocycles. The summed E-state index contributed by atoms with van der Waals surface area (Å²) in [4.78, 5) is 0. The molecule has 2 N–H and O–H groups in total. The smallest absolute Gasteiger partial charge is 0.155 e. The van der Waals surface area contributed by atoms with E-state index in [-0.39, 0.29) is 12.1 Å². The number of nitrogens with zero attached hydrogens (tertiary/aromatic N) is 2. The third kappa shape index (κ3) is 3.20. The van der Waals surface area contributed by atoms with Crippen LogP contribution in [-0.4, -0.2) is 29.2 Å². The molecule has 7 heteroatoms. The number of alkyl halides is 1. The fourth-order valence-electron chi connectivity index (χ4n) is 5.00. The van der Waals surface area contributed by atoms with Crippen LogP contribution in [0, 0.1) is 16.7 Å². The number of ether oxygens (including phenoxy) is 2. The Morgan fingerprint density at radius 3 is 2.63 bits per heavy atom. The Balaban J connectivity index is 1.40. The van der Waals surface area contributed by atoms with Crippen LogP contribution in [-0.2, 0) is 0 Å². The summed E-state index contributed by atoms with van der Waals surface area (Å²) in [6.07, 6.45) is 5.18. The first-order valence-electron chi connectivity index (χ1n) is 9.90. The van der Waals surface area contributed by atoms with Crippen LogP contribution >= 0.6 is 23.2 Å². The topological polar surface area (TPSA) is 73.2 Å². The van der Waals surface area contributed by atoms with E-state index in [2.05, 4.69) is 6.07 Å². The maximum atomic E-state index is 9.53. The molecule has 0 aliphatic heterocycles. The molecule has 3 aliphatic rings. The quantitative estimate of drug-likeness (QED) is 0.521. The highest BCUT2D eigenvalue weighted by Gasteiger charge is 2.66. The van der Waals surface area contributed by atoms with Crippen LogP contribution in [0.25, 0.3) is 16.6 Å². The van der Waals surface area contributed by atoms with Crippen LogP contribution in [0.1, 0.15) is 24.8 Å². The molecule has 0 unspecified atom stereocenters. The van der Waals surface area contributed by atoms with Crippen LogP contribution in [0.4, 0.5) is 0 Å². The molecule has 0 spiro atoms. The second-order valence-electron chi connectivity index (χ2n) is 8.54. The third-order valence-corrected chi connectivity index (χ3v) is 6.57. The number of halogens is 2. The van der Waals surface area contributed by atoms with Crippen molar-refractivity contribution in [3.8, 4) is 23.3 Å². The van der Waals surface area contributed by atoms with Crippen molar-refractivity contribution >= 4 is 34.1 Å². The molecule has 1 aromatic heterocycles. The lowest BCUT2D eigenvalue weighted by Gasteiger charge is -2.68. The average molecular weight is 442 g/mol. The normalized spacial score (nSPS) is 24.1. The largest absolute Gasteiger partial charge is 0.493 e. The lowest BCUT2D eigenvalue weighted by Crippen LogP contribution is -2.73. The van der Waals surface area contributed by atoms with E-state index in [0.29, 0.717) is 27.6 Å². The van der Waals surface area contributed by atoms with Crippen molar-refractivity contribution in [3.63, 3.8) is 0 Å². The van der Waals surface area contributed by atoms with Crippen LogP contribution in [0.5, 0.6) is 11.5 Å². The van der Waals surface area contributed by atoms with Gasteiger partial charge in [0.15, 0.2) is 5.75 Å². The van der Waals surface area contributed by atoms with Crippen molar-refractivity contribution in [2.24, 2.45) is 11.1 Å². The van der Waals surface area contributed by atoms with Gasteiger partial charge in [0, 0.05) is 28.2 Å². The van der Waals surface area contributed by atoms with Crippen molar-refractivity contribution in [3.05, 3.63) is 53.2 Å². The van der Waals surface area contributed by atoms with Crippen LogP contribution in [0.2, 0.25) is 5.02 Å². The van der Waals surface area contributed by atoms with Crippen molar-refractivity contribution in [1.82, 2.24) is 4.57 Å². The molecule has 5 nitrogen and oxygen atoms in total. The molecular weight excluding hydrogens is 421 g/mol. The van der Waals surface area contributed by atoms with Crippen molar-refractivity contribution < 1.29 is 9.47 Å². The maximum Gasteiger partial charge on any atom is 0.155 e. The SMILES string of the molecule is N#Cc1cc(-n2ccc3cc(OCC45CC(N)(C4)C5)ccc32)cc(Cl)c1OCCCl. The minimum atomic E-state index is 0.0959. The molecule has 2 aromatic carbocycles. The van der Waals surface area contributed by atoms with Gasteiger partial charge in [0.1, 0.15) is 18.4 Å². The summed E-state index contributed by atoms with van der Waals surface area (Å²) in [5.41, 5.74) is 8.70. The number of nitrogens with two attached hydrogens (primary N) is 1. The fraction of sp³-hybridized carbons (Fsp3) is 0.348. The molecule has 3 aromatic rings. The fourth-order valence-corrected chi connectivity index (χ4v) is 5.34. The highest BCUT2D eigenvalue weighted by molar-refractivity contribution is 6.32. The summed E-state index contributed by atoms with van der Waals surface area (Å²) >= 11 is 12.1. The molecule has 2 bridgehead atoms. The van der Waals surface area contributed by atoms with Gasteiger partial charge in [-0.15, -0.1) is 11.6 Å². The third-order valence-electron chi connectivity index (χ3n) is 6.14. The first kappa shape index (κ1) is 19.6. The Hall–Kier alpha value is -2.39. The van der Waals surface area contributed by atoms with Crippen molar-refractivity contribution in [1.29, 1.82) is 5.26 Å². The Morgan fingerprint density at radius 2 is 1.93 bits per heavy atom. The number of nitriles is 1. The zero-order valence-corrected chi connectivity index (χ0v) is 17.8. The highest BCUT2D eigenvalue weighted by Crippen LogP contribution is 2.65. The minimum absolute atomic E-state index is 0.0959. The Labute approximate surface area is 184 Å². The zero-order chi connectivity index (χ0) is 20.9. The molecule has 3 saturated carbocycles. The molecule has 0 atom stereocenters. The van der Waals surface area contributed by atoms with Gasteiger partial charge in [-0.05, 0) is 55.7 Å². The minimum Gasteiger partial charge on any atom is -0.493 e. The number of aromatic nitrogens is 1. The van der Waals surface area contributed by atoms with E-state index in [0.717, 1.165) is 48.2 Å². The maximum absolute atomic E-state index is 9.53. The zero-order valence-electron chi connectivity index (χ0n) is 16.3. The number of hydrogen-bond acceptors (Lipinski definition) is 4. The van der Waals surface area contributed by atoms with Crippen LogP contribution in [0.3, 0.4) is 0 Å². The molecule has 3 fully saturated rings. The summed E-state index contributed by atoms with van der Waals surface area (Å²) < 4.78 is 13.6. The van der Waals surface area contributed by atoms with Crippen molar-refractivity contribution in [2.75, 3.05) is 19.1 Å². The van der Waals surface area contributed by atoms with Gasteiger partial charge in [-0.2, -0.15) is 5.26 Å². The summed E-state index contributed by atoms with van der Waals surface area (Å²) in [5.74, 6) is 1.55.